The molecule has 2 aromatic rings. The first-order valence-electron chi connectivity index (χ1n) is 6.31. The van der Waals surface area contributed by atoms with Gasteiger partial charge < -0.3 is 5.32 Å². The van der Waals surface area contributed by atoms with Gasteiger partial charge in [0.1, 0.15) is 0 Å². The molecule has 0 atom stereocenters. The molecule has 2 aromatic carbocycles. The third kappa shape index (κ3) is 3.36. The second-order valence-electron chi connectivity index (χ2n) is 4.47. The first kappa shape index (κ1) is 14.5. The summed E-state index contributed by atoms with van der Waals surface area (Å²) in [6, 6.07) is 12.8. The van der Waals surface area contributed by atoms with Crippen LogP contribution in [0.4, 0.5) is 11.4 Å². The highest BCUT2D eigenvalue weighted by Gasteiger charge is 2.11. The number of nitrogens with zero attached hydrogens (tertiary/aromatic N) is 1. The van der Waals surface area contributed by atoms with Crippen molar-refractivity contribution < 1.29 is 4.92 Å². The molecule has 0 aliphatic carbocycles. The zero-order chi connectivity index (χ0) is 14.5. The Hall–Kier alpha value is -1.88. The summed E-state index contributed by atoms with van der Waals surface area (Å²) in [6.07, 6.45) is 0.614. The minimum Gasteiger partial charge on any atom is -0.384 e. The molecule has 0 spiro atoms. The zero-order valence-electron chi connectivity index (χ0n) is 11.1. The summed E-state index contributed by atoms with van der Waals surface area (Å²) in [4.78, 5) is 10.6. The molecular weight excluding hydrogens is 320 g/mol. The maximum absolute atomic E-state index is 10.9. The van der Waals surface area contributed by atoms with Gasteiger partial charge in [0, 0.05) is 28.3 Å². The maximum Gasteiger partial charge on any atom is 0.272 e. The summed E-state index contributed by atoms with van der Waals surface area (Å²) in [6.45, 7) is 2.68. The minimum absolute atomic E-state index is 0.181. The predicted octanol–water partition coefficient (Wildman–Crippen LogP) is 4.32. The molecule has 1 N–H and O–H groups in total. The molecule has 0 bridgehead atoms. The third-order valence-corrected chi connectivity index (χ3v) is 4.02. The Bertz CT molecular complexity index is 629. The van der Waals surface area contributed by atoms with Crippen LogP contribution < -0.4 is 5.32 Å². The summed E-state index contributed by atoms with van der Waals surface area (Å²) in [5.41, 5.74) is 3.10. The van der Waals surface area contributed by atoms with E-state index in [2.05, 4.69) is 21.2 Å². The highest BCUT2D eigenvalue weighted by Crippen LogP contribution is 2.24. The Morgan fingerprint density at radius 3 is 2.70 bits per heavy atom. The minimum atomic E-state index is -0.334. The van der Waals surface area contributed by atoms with Crippen molar-refractivity contribution in [3.05, 3.63) is 68.2 Å². The van der Waals surface area contributed by atoms with Gasteiger partial charge in [-0.25, -0.2) is 0 Å². The van der Waals surface area contributed by atoms with E-state index in [1.165, 1.54) is 0 Å². The number of nitro groups is 1. The van der Waals surface area contributed by atoms with E-state index in [1.807, 2.05) is 31.2 Å². The molecule has 0 aliphatic heterocycles. The molecule has 0 saturated heterocycles. The third-order valence-electron chi connectivity index (χ3n) is 3.17. The van der Waals surface area contributed by atoms with Gasteiger partial charge in [-0.3, -0.25) is 10.1 Å². The number of hydrogen-bond donors (Lipinski definition) is 1. The number of nitro benzene ring substituents is 1. The SMILES string of the molecule is Cc1c(Br)cccc1NCCc1ccccc1[N+](=O)[O-]. The van der Waals surface area contributed by atoms with Crippen LogP contribution in [0.1, 0.15) is 11.1 Å². The van der Waals surface area contributed by atoms with E-state index >= 15 is 0 Å². The van der Waals surface area contributed by atoms with Crippen LogP contribution in [0.15, 0.2) is 46.9 Å². The lowest BCUT2D eigenvalue weighted by molar-refractivity contribution is -0.385. The molecule has 4 nitrogen and oxygen atoms in total. The van der Waals surface area contributed by atoms with E-state index in [-0.39, 0.29) is 10.6 Å². The second kappa shape index (κ2) is 6.52. The predicted molar refractivity (Wildman–Crippen MR) is 84.2 cm³/mol. The Kier molecular flexibility index (Phi) is 4.74. The Labute approximate surface area is 126 Å². The lowest BCUT2D eigenvalue weighted by Crippen LogP contribution is -2.07. The molecule has 20 heavy (non-hydrogen) atoms. The first-order chi connectivity index (χ1) is 9.59. The maximum atomic E-state index is 10.9. The average Bonchev–Trinajstić information content (AvgIpc) is 2.44. The number of hydrogen-bond acceptors (Lipinski definition) is 3. The summed E-state index contributed by atoms with van der Waals surface area (Å²) in [7, 11) is 0. The molecule has 0 aromatic heterocycles. The van der Waals surface area contributed by atoms with Crippen LogP contribution in [-0.2, 0) is 6.42 Å². The van der Waals surface area contributed by atoms with E-state index < -0.39 is 0 Å². The highest BCUT2D eigenvalue weighted by molar-refractivity contribution is 9.10. The lowest BCUT2D eigenvalue weighted by Gasteiger charge is -2.10. The largest absolute Gasteiger partial charge is 0.384 e. The van der Waals surface area contributed by atoms with Gasteiger partial charge in [0.15, 0.2) is 0 Å². The van der Waals surface area contributed by atoms with Crippen molar-refractivity contribution in [1.29, 1.82) is 0 Å². The van der Waals surface area contributed by atoms with Crippen molar-refractivity contribution >= 4 is 27.3 Å². The Morgan fingerprint density at radius 2 is 1.95 bits per heavy atom. The van der Waals surface area contributed by atoms with Crippen LogP contribution in [0.2, 0.25) is 0 Å². The van der Waals surface area contributed by atoms with Crippen LogP contribution in [0, 0.1) is 17.0 Å². The average molecular weight is 335 g/mol. The van der Waals surface area contributed by atoms with Crippen LogP contribution in [0.25, 0.3) is 0 Å². The fraction of sp³-hybridized carbons (Fsp3) is 0.200. The van der Waals surface area contributed by atoms with Gasteiger partial charge in [-0.1, -0.05) is 40.2 Å². The van der Waals surface area contributed by atoms with Gasteiger partial charge in [0.05, 0.1) is 4.92 Å². The van der Waals surface area contributed by atoms with Gasteiger partial charge in [-0.05, 0) is 31.0 Å². The molecule has 0 saturated carbocycles. The van der Waals surface area contributed by atoms with E-state index in [1.54, 1.807) is 18.2 Å². The topological polar surface area (TPSA) is 55.2 Å². The molecular formula is C15H15BrN2O2. The standard InChI is InChI=1S/C15H15BrN2O2/c1-11-13(16)6-4-7-14(11)17-10-9-12-5-2-3-8-15(12)18(19)20/h2-8,17H,9-10H2,1H3. The van der Waals surface area contributed by atoms with Gasteiger partial charge >= 0.3 is 0 Å². The molecule has 5 heteroatoms. The number of halogens is 1. The summed E-state index contributed by atoms with van der Waals surface area (Å²) in [5.74, 6) is 0. The summed E-state index contributed by atoms with van der Waals surface area (Å²) in [5, 5.41) is 14.2. The smallest absolute Gasteiger partial charge is 0.272 e. The highest BCUT2D eigenvalue weighted by atomic mass is 79.9. The van der Waals surface area contributed by atoms with Gasteiger partial charge in [-0.15, -0.1) is 0 Å². The molecule has 104 valence electrons. The fourth-order valence-electron chi connectivity index (χ4n) is 2.03. The molecule has 0 radical (unpaired) electrons. The quantitative estimate of drug-likeness (QED) is 0.654. The molecule has 0 unspecified atom stereocenters. The van der Waals surface area contributed by atoms with Crippen LogP contribution in [-0.4, -0.2) is 11.5 Å². The number of para-hydroxylation sites is 1. The van der Waals surface area contributed by atoms with E-state index in [9.17, 15) is 10.1 Å². The number of benzene rings is 2. The number of anilines is 1. The van der Waals surface area contributed by atoms with Crippen molar-refractivity contribution in [3.8, 4) is 0 Å². The van der Waals surface area contributed by atoms with Crippen LogP contribution >= 0.6 is 15.9 Å². The van der Waals surface area contributed by atoms with Crippen molar-refractivity contribution in [3.63, 3.8) is 0 Å². The molecule has 0 fully saturated rings. The molecule has 0 amide bonds. The molecule has 2 rings (SSSR count). The summed E-state index contributed by atoms with van der Waals surface area (Å²) >= 11 is 3.48. The van der Waals surface area contributed by atoms with Crippen molar-refractivity contribution in [2.75, 3.05) is 11.9 Å². The second-order valence-corrected chi connectivity index (χ2v) is 5.33. The monoisotopic (exact) mass is 334 g/mol. The van der Waals surface area contributed by atoms with E-state index in [0.29, 0.717) is 13.0 Å². The normalized spacial score (nSPS) is 10.3. The fourth-order valence-corrected chi connectivity index (χ4v) is 2.40. The van der Waals surface area contributed by atoms with Crippen LogP contribution in [0.5, 0.6) is 0 Å². The summed E-state index contributed by atoms with van der Waals surface area (Å²) < 4.78 is 1.05. The van der Waals surface area contributed by atoms with Gasteiger partial charge in [0.2, 0.25) is 0 Å². The lowest BCUT2D eigenvalue weighted by atomic mass is 10.1. The number of rotatable bonds is 5. The Morgan fingerprint density at radius 1 is 1.20 bits per heavy atom. The van der Waals surface area contributed by atoms with E-state index in [4.69, 9.17) is 0 Å². The number of nitrogens with one attached hydrogen (secondary N) is 1. The first-order valence-corrected chi connectivity index (χ1v) is 7.10. The van der Waals surface area contributed by atoms with Gasteiger partial charge in [0.25, 0.3) is 5.69 Å². The molecule has 0 aliphatic rings. The van der Waals surface area contributed by atoms with E-state index in [0.717, 1.165) is 21.3 Å². The van der Waals surface area contributed by atoms with Crippen LogP contribution in [0.3, 0.4) is 0 Å². The van der Waals surface area contributed by atoms with Crippen molar-refractivity contribution in [1.82, 2.24) is 0 Å². The zero-order valence-corrected chi connectivity index (χ0v) is 12.7. The van der Waals surface area contributed by atoms with Crippen molar-refractivity contribution in [2.45, 2.75) is 13.3 Å². The van der Waals surface area contributed by atoms with Crippen molar-refractivity contribution in [2.24, 2.45) is 0 Å². The Balaban J connectivity index is 2.03. The molecule has 0 heterocycles. The van der Waals surface area contributed by atoms with Gasteiger partial charge in [-0.2, -0.15) is 0 Å².